The molecule has 0 saturated carbocycles. The fraction of sp³-hybridized carbons (Fsp3) is 0.273. The first-order valence-electron chi connectivity index (χ1n) is 9.58. The number of aromatic nitrogens is 3. The van der Waals surface area contributed by atoms with Crippen molar-refractivity contribution in [1.82, 2.24) is 14.4 Å². The third kappa shape index (κ3) is 2.79. The molecule has 0 amide bonds. The first-order chi connectivity index (χ1) is 14.1. The SMILES string of the molecule is Cc1sc2nc(-c3c(C)c(C)c(C)c([N+](=O)[O-])c3C)c(-c3ccnc(N)c3)n2c1C. The van der Waals surface area contributed by atoms with E-state index in [2.05, 4.69) is 23.2 Å². The van der Waals surface area contributed by atoms with Crippen molar-refractivity contribution in [2.45, 2.75) is 41.5 Å². The Morgan fingerprint density at radius 3 is 2.40 bits per heavy atom. The summed E-state index contributed by atoms with van der Waals surface area (Å²) in [5.74, 6) is 0.414. The Bertz CT molecular complexity index is 1350. The highest BCUT2D eigenvalue weighted by Gasteiger charge is 2.28. The van der Waals surface area contributed by atoms with Crippen molar-refractivity contribution in [1.29, 1.82) is 0 Å². The Morgan fingerprint density at radius 2 is 1.77 bits per heavy atom. The fourth-order valence-electron chi connectivity index (χ4n) is 4.14. The number of nitro benzene ring substituents is 1. The topological polar surface area (TPSA) is 99.3 Å². The van der Waals surface area contributed by atoms with Gasteiger partial charge in [0.2, 0.25) is 0 Å². The maximum Gasteiger partial charge on any atom is 0.276 e. The molecular formula is C22H23N5O2S. The molecule has 0 fully saturated rings. The van der Waals surface area contributed by atoms with Crippen LogP contribution in [0.1, 0.15) is 32.8 Å². The van der Waals surface area contributed by atoms with E-state index in [1.54, 1.807) is 24.5 Å². The number of thiazole rings is 1. The summed E-state index contributed by atoms with van der Waals surface area (Å²) in [6, 6.07) is 3.72. The lowest BCUT2D eigenvalue weighted by Crippen LogP contribution is -2.04. The van der Waals surface area contributed by atoms with Crippen LogP contribution >= 0.6 is 11.3 Å². The van der Waals surface area contributed by atoms with Crippen molar-refractivity contribution in [3.63, 3.8) is 0 Å². The lowest BCUT2D eigenvalue weighted by molar-refractivity contribution is -0.386. The van der Waals surface area contributed by atoms with Crippen LogP contribution in [0.15, 0.2) is 18.3 Å². The van der Waals surface area contributed by atoms with E-state index >= 15 is 0 Å². The van der Waals surface area contributed by atoms with Crippen LogP contribution in [-0.2, 0) is 0 Å². The maximum absolute atomic E-state index is 11.9. The zero-order chi connectivity index (χ0) is 21.9. The van der Waals surface area contributed by atoms with Crippen LogP contribution in [0.4, 0.5) is 11.5 Å². The van der Waals surface area contributed by atoms with Crippen LogP contribution < -0.4 is 5.73 Å². The maximum atomic E-state index is 11.9. The van der Waals surface area contributed by atoms with Gasteiger partial charge in [0, 0.05) is 39.0 Å². The highest BCUT2D eigenvalue weighted by molar-refractivity contribution is 7.17. The Labute approximate surface area is 178 Å². The number of rotatable bonds is 3. The summed E-state index contributed by atoms with van der Waals surface area (Å²) in [7, 11) is 0. The van der Waals surface area contributed by atoms with Gasteiger partial charge in [0.15, 0.2) is 4.96 Å². The van der Waals surface area contributed by atoms with E-state index in [0.717, 1.165) is 44.3 Å². The lowest BCUT2D eigenvalue weighted by Gasteiger charge is -2.16. The summed E-state index contributed by atoms with van der Waals surface area (Å²) in [5.41, 5.74) is 13.8. The standard InChI is InChI=1S/C22H23N5O2S/c1-10-11(2)18(13(4)20(12(10)3)27(28)29)19-21(16-7-8-24-17(23)9-16)26-14(5)15(6)30-22(26)25-19/h7-9H,1-6H3,(H2,23,24). The van der Waals surface area contributed by atoms with Gasteiger partial charge < -0.3 is 5.73 Å². The predicted molar refractivity (Wildman–Crippen MR) is 121 cm³/mol. The lowest BCUT2D eigenvalue weighted by atomic mass is 9.89. The number of benzene rings is 1. The molecule has 0 radical (unpaired) electrons. The van der Waals surface area contributed by atoms with Crippen molar-refractivity contribution < 1.29 is 4.92 Å². The average molecular weight is 422 g/mol. The minimum Gasteiger partial charge on any atom is -0.384 e. The van der Waals surface area contributed by atoms with Crippen LogP contribution in [0.3, 0.4) is 0 Å². The van der Waals surface area contributed by atoms with Crippen molar-refractivity contribution >= 4 is 27.8 Å². The largest absolute Gasteiger partial charge is 0.384 e. The predicted octanol–water partition coefficient (Wildman–Crippen LogP) is 5.47. The van der Waals surface area contributed by atoms with Gasteiger partial charge in [-0.3, -0.25) is 14.5 Å². The Kier molecular flexibility index (Phi) is 4.62. The molecule has 0 saturated heterocycles. The Morgan fingerprint density at radius 1 is 1.07 bits per heavy atom. The number of hydrogen-bond donors (Lipinski definition) is 1. The molecule has 30 heavy (non-hydrogen) atoms. The van der Waals surface area contributed by atoms with E-state index in [-0.39, 0.29) is 10.6 Å². The van der Waals surface area contributed by atoms with Crippen molar-refractivity contribution in [2.75, 3.05) is 5.73 Å². The van der Waals surface area contributed by atoms with Crippen LogP contribution in [0.5, 0.6) is 0 Å². The number of nitrogens with zero attached hydrogens (tertiary/aromatic N) is 4. The summed E-state index contributed by atoms with van der Waals surface area (Å²) in [4.78, 5) is 22.7. The number of pyridine rings is 1. The van der Waals surface area contributed by atoms with Crippen LogP contribution in [0.2, 0.25) is 0 Å². The third-order valence-electron chi connectivity index (χ3n) is 6.00. The number of aryl methyl sites for hydroxylation is 2. The molecule has 8 heteroatoms. The van der Waals surface area contributed by atoms with Gasteiger partial charge in [0.1, 0.15) is 5.82 Å². The monoisotopic (exact) mass is 421 g/mol. The first kappa shape index (κ1) is 20.0. The van der Waals surface area contributed by atoms with Gasteiger partial charge in [0.05, 0.1) is 16.3 Å². The molecule has 0 aliphatic carbocycles. The summed E-state index contributed by atoms with van der Waals surface area (Å²) < 4.78 is 2.12. The molecule has 3 heterocycles. The number of nitro groups is 1. The first-order valence-corrected chi connectivity index (χ1v) is 10.4. The summed E-state index contributed by atoms with van der Waals surface area (Å²) in [6.45, 7) is 11.7. The molecular weight excluding hydrogens is 398 g/mol. The molecule has 0 aliphatic heterocycles. The minimum atomic E-state index is -0.293. The van der Waals surface area contributed by atoms with E-state index < -0.39 is 0 Å². The summed E-state index contributed by atoms with van der Waals surface area (Å²) in [6.07, 6.45) is 1.67. The molecule has 7 nitrogen and oxygen atoms in total. The van der Waals surface area contributed by atoms with Gasteiger partial charge in [0.25, 0.3) is 5.69 Å². The highest BCUT2D eigenvalue weighted by atomic mass is 32.1. The van der Waals surface area contributed by atoms with Crippen molar-refractivity contribution in [2.24, 2.45) is 0 Å². The minimum absolute atomic E-state index is 0.151. The van der Waals surface area contributed by atoms with Gasteiger partial charge in [-0.15, -0.1) is 11.3 Å². The molecule has 1 aromatic carbocycles. The molecule has 0 bridgehead atoms. The molecule has 0 spiro atoms. The molecule has 4 rings (SSSR count). The number of nitrogens with two attached hydrogens (primary N) is 1. The quantitative estimate of drug-likeness (QED) is 0.349. The molecule has 3 aromatic heterocycles. The third-order valence-corrected chi connectivity index (χ3v) is 7.05. The zero-order valence-corrected chi connectivity index (χ0v) is 18.6. The zero-order valence-electron chi connectivity index (χ0n) is 17.8. The molecule has 2 N–H and O–H groups in total. The number of hydrogen-bond acceptors (Lipinski definition) is 6. The van der Waals surface area contributed by atoms with Gasteiger partial charge in [-0.1, -0.05) is 0 Å². The number of fused-ring (bicyclic) bond motifs is 1. The number of nitrogen functional groups attached to an aromatic ring is 1. The fourth-order valence-corrected chi connectivity index (χ4v) is 5.11. The van der Waals surface area contributed by atoms with Crippen molar-refractivity contribution in [3.05, 3.63) is 61.3 Å². The molecule has 0 atom stereocenters. The van der Waals surface area contributed by atoms with Crippen molar-refractivity contribution in [3.8, 4) is 22.5 Å². The molecule has 0 aliphatic rings. The Balaban J connectivity index is 2.19. The van der Waals surface area contributed by atoms with E-state index in [9.17, 15) is 10.1 Å². The van der Waals surface area contributed by atoms with Gasteiger partial charge in [-0.25, -0.2) is 9.97 Å². The molecule has 154 valence electrons. The summed E-state index contributed by atoms with van der Waals surface area (Å²) in [5, 5.41) is 11.9. The normalized spacial score (nSPS) is 11.4. The summed E-state index contributed by atoms with van der Waals surface area (Å²) >= 11 is 1.61. The highest BCUT2D eigenvalue weighted by Crippen LogP contribution is 2.43. The number of anilines is 1. The smallest absolute Gasteiger partial charge is 0.276 e. The Hall–Kier alpha value is -3.26. The second kappa shape index (κ2) is 6.91. The van der Waals surface area contributed by atoms with Crippen LogP contribution in [-0.4, -0.2) is 19.3 Å². The van der Waals surface area contributed by atoms with E-state index in [0.29, 0.717) is 16.9 Å². The molecule has 0 unspecified atom stereocenters. The van der Waals surface area contributed by atoms with E-state index in [1.165, 1.54) is 4.88 Å². The van der Waals surface area contributed by atoms with Crippen LogP contribution in [0, 0.1) is 51.7 Å². The molecule has 4 aromatic rings. The second-order valence-corrected chi connectivity index (χ2v) is 8.80. The average Bonchev–Trinajstić information content (AvgIpc) is 3.16. The van der Waals surface area contributed by atoms with Crippen LogP contribution in [0.25, 0.3) is 27.5 Å². The van der Waals surface area contributed by atoms with Gasteiger partial charge >= 0.3 is 0 Å². The van der Waals surface area contributed by atoms with E-state index in [4.69, 9.17) is 10.7 Å². The van der Waals surface area contributed by atoms with Gasteiger partial charge in [-0.2, -0.15) is 0 Å². The van der Waals surface area contributed by atoms with Gasteiger partial charge in [-0.05, 0) is 64.8 Å². The second-order valence-electron chi connectivity index (χ2n) is 7.62. The number of imidazole rings is 1. The van der Waals surface area contributed by atoms with E-state index in [1.807, 2.05) is 32.9 Å².